The van der Waals surface area contributed by atoms with E-state index in [0.717, 1.165) is 6.42 Å². The second-order valence-electron chi connectivity index (χ2n) is 7.52. The van der Waals surface area contributed by atoms with E-state index in [4.69, 9.17) is 5.14 Å². The van der Waals surface area contributed by atoms with Crippen LogP contribution in [-0.4, -0.2) is 32.4 Å². The highest BCUT2D eigenvalue weighted by Gasteiger charge is 2.31. The number of hydrogen-bond donors (Lipinski definition) is 2. The van der Waals surface area contributed by atoms with Crippen molar-refractivity contribution >= 4 is 16.1 Å². The number of sulfonamides is 1. The van der Waals surface area contributed by atoms with Crippen LogP contribution < -0.4 is 10.5 Å². The molecule has 3 rings (SSSR count). The summed E-state index contributed by atoms with van der Waals surface area (Å²) in [7, 11) is -3.83. The molecule has 0 unspecified atom stereocenters. The molecule has 6 nitrogen and oxygen atoms in total. The van der Waals surface area contributed by atoms with Gasteiger partial charge in [0.1, 0.15) is 0 Å². The molecule has 7 heteroatoms. The summed E-state index contributed by atoms with van der Waals surface area (Å²) < 4.78 is 23.4. The zero-order chi connectivity index (χ0) is 19.7. The molecule has 0 bridgehead atoms. The Morgan fingerprint density at radius 2 is 1.81 bits per heavy atom. The normalized spacial score (nSPS) is 16.3. The molecule has 1 aliphatic rings. The average Bonchev–Trinajstić information content (AvgIpc) is 2.76. The lowest BCUT2D eigenvalue weighted by Gasteiger charge is -2.31. The molecule has 1 heterocycles. The van der Waals surface area contributed by atoms with Crippen LogP contribution in [0.15, 0.2) is 53.4 Å². The summed E-state index contributed by atoms with van der Waals surface area (Å²) >= 11 is 0. The molecule has 0 spiro atoms. The molecule has 2 aromatic carbocycles. The van der Waals surface area contributed by atoms with Crippen molar-refractivity contribution in [2.75, 3.05) is 13.1 Å². The topological polar surface area (TPSA) is 92.5 Å². The van der Waals surface area contributed by atoms with Gasteiger partial charge >= 0.3 is 6.03 Å². The van der Waals surface area contributed by atoms with E-state index in [1.54, 1.807) is 23.1 Å². The van der Waals surface area contributed by atoms with Crippen LogP contribution in [0, 0.1) is 0 Å². The van der Waals surface area contributed by atoms with Gasteiger partial charge in [-0.25, -0.2) is 18.4 Å². The van der Waals surface area contributed by atoms with Gasteiger partial charge in [0.25, 0.3) is 0 Å². The number of rotatable bonds is 3. The largest absolute Gasteiger partial charge is 0.334 e. The van der Waals surface area contributed by atoms with Gasteiger partial charge in [-0.1, -0.05) is 56.3 Å². The minimum atomic E-state index is -3.83. The Hall–Kier alpha value is -2.38. The molecular formula is C20H25N3O3S. The number of benzene rings is 2. The van der Waals surface area contributed by atoms with Gasteiger partial charge in [0.2, 0.25) is 10.0 Å². The van der Waals surface area contributed by atoms with Crippen molar-refractivity contribution in [3.63, 3.8) is 0 Å². The second-order valence-corrected chi connectivity index (χ2v) is 9.05. The lowest BCUT2D eigenvalue weighted by Crippen LogP contribution is -2.45. The molecule has 0 aromatic heterocycles. The van der Waals surface area contributed by atoms with Crippen LogP contribution in [0.3, 0.4) is 0 Å². The van der Waals surface area contributed by atoms with E-state index in [1.807, 2.05) is 12.1 Å². The van der Waals surface area contributed by atoms with E-state index in [-0.39, 0.29) is 22.9 Å². The van der Waals surface area contributed by atoms with Crippen molar-refractivity contribution in [1.29, 1.82) is 0 Å². The van der Waals surface area contributed by atoms with Crippen LogP contribution in [0.2, 0.25) is 0 Å². The van der Waals surface area contributed by atoms with Crippen LogP contribution in [0.4, 0.5) is 4.79 Å². The number of nitrogens with two attached hydrogens (primary N) is 1. The van der Waals surface area contributed by atoms with Crippen LogP contribution in [0.25, 0.3) is 0 Å². The fourth-order valence-corrected chi connectivity index (χ4v) is 4.45. The average molecular weight is 388 g/mol. The summed E-state index contributed by atoms with van der Waals surface area (Å²) in [4.78, 5) is 14.6. The van der Waals surface area contributed by atoms with Gasteiger partial charge in [-0.15, -0.1) is 0 Å². The Balaban J connectivity index is 1.73. The zero-order valence-electron chi connectivity index (χ0n) is 15.6. The van der Waals surface area contributed by atoms with E-state index >= 15 is 0 Å². The third-order valence-electron chi connectivity index (χ3n) is 4.98. The van der Waals surface area contributed by atoms with Gasteiger partial charge in [-0.05, 0) is 29.2 Å². The van der Waals surface area contributed by atoms with Crippen molar-refractivity contribution in [2.24, 2.45) is 5.14 Å². The monoisotopic (exact) mass is 387 g/mol. The molecule has 3 N–H and O–H groups in total. The molecule has 0 radical (unpaired) electrons. The summed E-state index contributed by atoms with van der Waals surface area (Å²) in [6.45, 7) is 5.58. The highest BCUT2D eigenvalue weighted by molar-refractivity contribution is 7.89. The maximum atomic E-state index is 12.8. The Morgan fingerprint density at radius 1 is 1.15 bits per heavy atom. The minimum absolute atomic E-state index is 0.0360. The predicted molar refractivity (Wildman–Crippen MR) is 105 cm³/mol. The molecule has 27 heavy (non-hydrogen) atoms. The zero-order valence-corrected chi connectivity index (χ0v) is 16.4. The fourth-order valence-electron chi connectivity index (χ4n) is 3.68. The second kappa shape index (κ2) is 7.32. The van der Waals surface area contributed by atoms with E-state index < -0.39 is 10.0 Å². The lowest BCUT2D eigenvalue weighted by atomic mass is 9.82. The maximum Gasteiger partial charge on any atom is 0.317 e. The first kappa shape index (κ1) is 19.4. The van der Waals surface area contributed by atoms with Crippen molar-refractivity contribution in [3.05, 3.63) is 65.2 Å². The number of nitrogens with zero attached hydrogens (tertiary/aromatic N) is 1. The van der Waals surface area contributed by atoms with E-state index in [1.165, 1.54) is 17.2 Å². The van der Waals surface area contributed by atoms with Gasteiger partial charge in [0.15, 0.2) is 0 Å². The number of fused-ring (bicyclic) bond motifs is 1. The standard InChI is InChI=1S/C20H25N3O3S/c1-20(2)14-23(12-11-15-7-3-5-9-17(15)20)19(24)22-13-16-8-4-6-10-18(16)27(21,25)26/h3-10H,11-14H2,1-2H3,(H,22,24)(H2,21,25,26). The molecule has 2 amide bonds. The number of amides is 2. The maximum absolute atomic E-state index is 12.8. The number of nitrogens with one attached hydrogen (secondary N) is 1. The number of primary sulfonamides is 1. The summed E-state index contributed by atoms with van der Waals surface area (Å²) in [6, 6.07) is 14.5. The summed E-state index contributed by atoms with van der Waals surface area (Å²) in [6.07, 6.45) is 0.792. The molecule has 144 valence electrons. The Labute approximate surface area is 160 Å². The number of hydrogen-bond acceptors (Lipinski definition) is 3. The Kier molecular flexibility index (Phi) is 5.26. The van der Waals surface area contributed by atoms with Crippen LogP contribution >= 0.6 is 0 Å². The molecule has 0 fully saturated rings. The van der Waals surface area contributed by atoms with E-state index in [9.17, 15) is 13.2 Å². The van der Waals surface area contributed by atoms with Gasteiger partial charge in [-0.3, -0.25) is 0 Å². The molecular weight excluding hydrogens is 362 g/mol. The van der Waals surface area contributed by atoms with E-state index in [2.05, 4.69) is 31.3 Å². The van der Waals surface area contributed by atoms with Gasteiger partial charge in [0.05, 0.1) is 4.90 Å². The van der Waals surface area contributed by atoms with Crippen LogP contribution in [0.5, 0.6) is 0 Å². The predicted octanol–water partition coefficient (Wildman–Crippen LogP) is 2.38. The number of urea groups is 1. The number of carbonyl (C=O) groups is 1. The third-order valence-corrected chi connectivity index (χ3v) is 5.99. The summed E-state index contributed by atoms with van der Waals surface area (Å²) in [5.41, 5.74) is 2.84. The molecule has 1 aliphatic heterocycles. The highest BCUT2D eigenvalue weighted by Crippen LogP contribution is 2.30. The van der Waals surface area contributed by atoms with Gasteiger partial charge < -0.3 is 10.2 Å². The first-order chi connectivity index (χ1) is 12.7. The summed E-state index contributed by atoms with van der Waals surface area (Å²) in [5, 5.41) is 8.10. The van der Waals surface area contributed by atoms with Crippen molar-refractivity contribution in [3.8, 4) is 0 Å². The summed E-state index contributed by atoms with van der Waals surface area (Å²) in [5.74, 6) is 0. The quantitative estimate of drug-likeness (QED) is 0.847. The molecule has 2 aromatic rings. The van der Waals surface area contributed by atoms with Crippen molar-refractivity contribution in [2.45, 2.75) is 37.1 Å². The smallest absolute Gasteiger partial charge is 0.317 e. The van der Waals surface area contributed by atoms with Gasteiger partial charge in [-0.2, -0.15) is 0 Å². The van der Waals surface area contributed by atoms with Crippen LogP contribution in [-0.2, 0) is 28.4 Å². The Morgan fingerprint density at radius 3 is 2.56 bits per heavy atom. The lowest BCUT2D eigenvalue weighted by molar-refractivity contribution is 0.188. The molecule has 0 aliphatic carbocycles. The minimum Gasteiger partial charge on any atom is -0.334 e. The molecule has 0 atom stereocenters. The fraction of sp³-hybridized carbons (Fsp3) is 0.350. The Bertz CT molecular complexity index is 954. The van der Waals surface area contributed by atoms with E-state index in [0.29, 0.717) is 18.7 Å². The SMILES string of the molecule is CC1(C)CN(C(=O)NCc2ccccc2S(N)(=O)=O)CCc2ccccc21. The van der Waals surface area contributed by atoms with Crippen molar-refractivity contribution < 1.29 is 13.2 Å². The first-order valence-electron chi connectivity index (χ1n) is 8.90. The third kappa shape index (κ3) is 4.31. The van der Waals surface area contributed by atoms with Crippen LogP contribution in [0.1, 0.15) is 30.5 Å². The van der Waals surface area contributed by atoms with Crippen molar-refractivity contribution in [1.82, 2.24) is 10.2 Å². The molecule has 0 saturated heterocycles. The van der Waals surface area contributed by atoms with Gasteiger partial charge in [0, 0.05) is 25.0 Å². The molecule has 0 saturated carbocycles. The first-order valence-corrected chi connectivity index (χ1v) is 10.4. The highest BCUT2D eigenvalue weighted by atomic mass is 32.2. The number of carbonyl (C=O) groups excluding carboxylic acids is 1.